The van der Waals surface area contributed by atoms with Crippen LogP contribution >= 0.6 is 0 Å². The zero-order chi connectivity index (χ0) is 14.6. The van der Waals surface area contributed by atoms with Crippen molar-refractivity contribution in [1.82, 2.24) is 0 Å². The molecule has 0 radical (unpaired) electrons. The molecular formula is C18H20O2. The van der Waals surface area contributed by atoms with Gasteiger partial charge in [-0.15, -0.1) is 0 Å². The van der Waals surface area contributed by atoms with Crippen molar-refractivity contribution in [3.8, 4) is 5.75 Å². The summed E-state index contributed by atoms with van der Waals surface area (Å²) in [4.78, 5) is 12.4. The highest BCUT2D eigenvalue weighted by Crippen LogP contribution is 2.37. The third-order valence-electron chi connectivity index (χ3n) is 3.98. The highest BCUT2D eigenvalue weighted by Gasteiger charge is 2.37. The zero-order valence-electron chi connectivity index (χ0n) is 12.2. The van der Waals surface area contributed by atoms with Gasteiger partial charge in [-0.3, -0.25) is 4.79 Å². The van der Waals surface area contributed by atoms with E-state index in [9.17, 15) is 4.79 Å². The molecule has 1 unspecified atom stereocenters. The van der Waals surface area contributed by atoms with Gasteiger partial charge in [0.15, 0.2) is 0 Å². The summed E-state index contributed by atoms with van der Waals surface area (Å²) in [6, 6.07) is 17.8. The predicted octanol–water partition coefficient (Wildman–Crippen LogP) is 3.98. The van der Waals surface area contributed by atoms with Crippen LogP contribution < -0.4 is 4.74 Å². The monoisotopic (exact) mass is 268 g/mol. The molecule has 0 amide bonds. The summed E-state index contributed by atoms with van der Waals surface area (Å²) in [6.45, 7) is 3.72. The number of Topliss-reactive ketones (excluding diaryl/α,β-unsaturated/α-hetero) is 1. The maximum Gasteiger partial charge on any atom is 0.144 e. The fourth-order valence-electron chi connectivity index (χ4n) is 2.83. The molecule has 0 saturated carbocycles. The minimum absolute atomic E-state index is 0.163. The normalized spacial score (nSPS) is 13.6. The van der Waals surface area contributed by atoms with Crippen LogP contribution in [0.1, 0.15) is 31.4 Å². The van der Waals surface area contributed by atoms with Crippen LogP contribution in [-0.4, -0.2) is 12.9 Å². The molecule has 2 rings (SSSR count). The fraction of sp³-hybridized carbons (Fsp3) is 0.278. The van der Waals surface area contributed by atoms with E-state index in [1.165, 1.54) is 0 Å². The zero-order valence-corrected chi connectivity index (χ0v) is 12.2. The summed E-state index contributed by atoms with van der Waals surface area (Å²) in [7, 11) is 1.64. The average molecular weight is 268 g/mol. The van der Waals surface area contributed by atoms with Gasteiger partial charge in [-0.2, -0.15) is 0 Å². The van der Waals surface area contributed by atoms with Crippen LogP contribution in [0.25, 0.3) is 0 Å². The molecule has 0 fully saturated rings. The molecule has 0 N–H and O–H groups in total. The van der Waals surface area contributed by atoms with Crippen molar-refractivity contribution in [2.75, 3.05) is 7.11 Å². The molecule has 1 atom stereocenters. The van der Waals surface area contributed by atoms with Crippen molar-refractivity contribution in [2.24, 2.45) is 0 Å². The highest BCUT2D eigenvalue weighted by atomic mass is 16.5. The molecule has 2 aromatic carbocycles. The first-order chi connectivity index (χ1) is 9.65. The molecule has 0 aliphatic carbocycles. The van der Waals surface area contributed by atoms with E-state index >= 15 is 0 Å². The van der Waals surface area contributed by atoms with Gasteiger partial charge in [0, 0.05) is 0 Å². The van der Waals surface area contributed by atoms with Crippen LogP contribution in [0.5, 0.6) is 5.75 Å². The summed E-state index contributed by atoms with van der Waals surface area (Å²) >= 11 is 0. The first kappa shape index (κ1) is 14.3. The molecule has 0 bridgehead atoms. The second-order valence-electron chi connectivity index (χ2n) is 4.91. The molecule has 0 heterocycles. The van der Waals surface area contributed by atoms with Gasteiger partial charge >= 0.3 is 0 Å². The lowest BCUT2D eigenvalue weighted by Crippen LogP contribution is -2.34. The Morgan fingerprint density at radius 3 is 2.00 bits per heavy atom. The number of ketones is 1. The third kappa shape index (κ3) is 2.34. The van der Waals surface area contributed by atoms with Crippen molar-refractivity contribution in [3.05, 3.63) is 65.7 Å². The maximum atomic E-state index is 12.4. The maximum absolute atomic E-state index is 12.4. The summed E-state index contributed by atoms with van der Waals surface area (Å²) in [6.07, 6.45) is 0.735. The van der Waals surface area contributed by atoms with Gasteiger partial charge in [-0.05, 0) is 36.6 Å². The van der Waals surface area contributed by atoms with E-state index in [2.05, 4.69) is 6.92 Å². The van der Waals surface area contributed by atoms with Crippen molar-refractivity contribution in [2.45, 2.75) is 25.7 Å². The number of carbonyl (C=O) groups excluding carboxylic acids is 1. The van der Waals surface area contributed by atoms with E-state index in [0.717, 1.165) is 23.3 Å². The number of methoxy groups -OCH3 is 1. The van der Waals surface area contributed by atoms with Crippen molar-refractivity contribution < 1.29 is 9.53 Å². The molecule has 20 heavy (non-hydrogen) atoms. The van der Waals surface area contributed by atoms with Gasteiger partial charge in [-0.25, -0.2) is 0 Å². The Balaban J connectivity index is 2.60. The SMILES string of the molecule is CCC(C(C)=O)(c1ccccc1)c1ccc(OC)cc1. The first-order valence-electron chi connectivity index (χ1n) is 6.86. The highest BCUT2D eigenvalue weighted by molar-refractivity contribution is 5.92. The van der Waals surface area contributed by atoms with Crippen molar-refractivity contribution >= 4 is 5.78 Å². The lowest BCUT2D eigenvalue weighted by Gasteiger charge is -2.31. The summed E-state index contributed by atoms with van der Waals surface area (Å²) < 4.78 is 5.20. The largest absolute Gasteiger partial charge is 0.497 e. The second-order valence-corrected chi connectivity index (χ2v) is 4.91. The Hall–Kier alpha value is -2.09. The number of ether oxygens (including phenoxy) is 1. The van der Waals surface area contributed by atoms with Crippen LogP contribution in [0.15, 0.2) is 54.6 Å². The Kier molecular flexibility index (Phi) is 4.23. The Bertz CT molecular complexity index is 572. The molecule has 0 aliphatic heterocycles. The standard InChI is InChI=1S/C18H20O2/c1-4-18(14(2)19,15-8-6-5-7-9-15)16-10-12-17(20-3)13-11-16/h5-13H,4H2,1-3H3. The molecule has 0 spiro atoms. The van der Waals surface area contributed by atoms with E-state index in [-0.39, 0.29) is 5.78 Å². The molecule has 0 aliphatic rings. The lowest BCUT2D eigenvalue weighted by atomic mass is 9.70. The minimum atomic E-state index is -0.576. The second kappa shape index (κ2) is 5.91. The van der Waals surface area contributed by atoms with Crippen LogP contribution in [0.4, 0.5) is 0 Å². The Labute approximate surface area is 120 Å². The van der Waals surface area contributed by atoms with Gasteiger partial charge in [-0.1, -0.05) is 49.4 Å². The average Bonchev–Trinajstić information content (AvgIpc) is 2.50. The van der Waals surface area contributed by atoms with Crippen LogP contribution in [0, 0.1) is 0 Å². The van der Waals surface area contributed by atoms with E-state index in [4.69, 9.17) is 4.74 Å². The van der Waals surface area contributed by atoms with Crippen LogP contribution in [0.3, 0.4) is 0 Å². The number of rotatable bonds is 5. The molecule has 104 valence electrons. The van der Waals surface area contributed by atoms with Gasteiger partial charge < -0.3 is 4.74 Å². The smallest absolute Gasteiger partial charge is 0.144 e. The quantitative estimate of drug-likeness (QED) is 0.820. The number of benzene rings is 2. The van der Waals surface area contributed by atoms with Gasteiger partial charge in [0.05, 0.1) is 12.5 Å². The Morgan fingerprint density at radius 2 is 1.55 bits per heavy atom. The van der Waals surface area contributed by atoms with Crippen molar-refractivity contribution in [3.63, 3.8) is 0 Å². The van der Waals surface area contributed by atoms with Gasteiger partial charge in [0.25, 0.3) is 0 Å². The molecule has 0 aromatic heterocycles. The molecule has 0 saturated heterocycles. The van der Waals surface area contributed by atoms with E-state index < -0.39 is 5.41 Å². The van der Waals surface area contributed by atoms with Gasteiger partial charge in [0.2, 0.25) is 0 Å². The minimum Gasteiger partial charge on any atom is -0.497 e. The topological polar surface area (TPSA) is 26.3 Å². The molecule has 2 aromatic rings. The van der Waals surface area contributed by atoms with Crippen molar-refractivity contribution in [1.29, 1.82) is 0 Å². The third-order valence-corrected chi connectivity index (χ3v) is 3.98. The first-order valence-corrected chi connectivity index (χ1v) is 6.86. The van der Waals surface area contributed by atoms with Crippen LogP contribution in [0.2, 0.25) is 0 Å². The van der Waals surface area contributed by atoms with E-state index in [1.807, 2.05) is 54.6 Å². The lowest BCUT2D eigenvalue weighted by molar-refractivity contribution is -0.121. The number of hydrogen-bond acceptors (Lipinski definition) is 2. The number of hydrogen-bond donors (Lipinski definition) is 0. The van der Waals surface area contributed by atoms with Gasteiger partial charge in [0.1, 0.15) is 11.5 Å². The summed E-state index contributed by atoms with van der Waals surface area (Å²) in [5.41, 5.74) is 1.48. The molecule has 2 heteroatoms. The summed E-state index contributed by atoms with van der Waals surface area (Å²) in [5, 5.41) is 0. The van der Waals surface area contributed by atoms with Crippen LogP contribution in [-0.2, 0) is 10.2 Å². The van der Waals surface area contributed by atoms with E-state index in [0.29, 0.717) is 0 Å². The molecule has 2 nitrogen and oxygen atoms in total. The fourth-order valence-corrected chi connectivity index (χ4v) is 2.83. The summed E-state index contributed by atoms with van der Waals surface area (Å²) in [5.74, 6) is 0.965. The predicted molar refractivity (Wildman–Crippen MR) is 81.2 cm³/mol. The Morgan fingerprint density at radius 1 is 1.00 bits per heavy atom. The van der Waals surface area contributed by atoms with E-state index in [1.54, 1.807) is 14.0 Å². The molecular weight excluding hydrogens is 248 g/mol. The number of carbonyl (C=O) groups is 1.